The van der Waals surface area contributed by atoms with Crippen LogP contribution in [0.5, 0.6) is 0 Å². The molecule has 0 bridgehead atoms. The molecule has 1 fully saturated rings. The first-order valence-electron chi connectivity index (χ1n) is 6.40. The summed E-state index contributed by atoms with van der Waals surface area (Å²) in [5, 5.41) is 3.31. The fraction of sp³-hybridized carbons (Fsp3) is 0.538. The predicted octanol–water partition coefficient (Wildman–Crippen LogP) is 1.25. The van der Waals surface area contributed by atoms with Crippen molar-refractivity contribution in [2.75, 3.05) is 12.3 Å². The minimum Gasteiger partial charge on any atom is -0.314 e. The first kappa shape index (κ1) is 13.5. The highest BCUT2D eigenvalue weighted by Gasteiger charge is 2.20. The molecule has 1 aromatic carbocycles. The highest BCUT2D eigenvalue weighted by Crippen LogP contribution is 2.18. The molecule has 0 radical (unpaired) electrons. The van der Waals surface area contributed by atoms with Gasteiger partial charge in [-0.2, -0.15) is 0 Å². The molecule has 0 aromatic heterocycles. The van der Waals surface area contributed by atoms with E-state index >= 15 is 0 Å². The highest BCUT2D eigenvalue weighted by molar-refractivity contribution is 7.89. The Kier molecular flexibility index (Phi) is 4.74. The van der Waals surface area contributed by atoms with Crippen LogP contribution >= 0.6 is 0 Å². The van der Waals surface area contributed by atoms with Gasteiger partial charge in [0.05, 0.1) is 5.75 Å². The van der Waals surface area contributed by atoms with E-state index in [4.69, 9.17) is 0 Å². The summed E-state index contributed by atoms with van der Waals surface area (Å²) in [5.74, 6) is 0.194. The second kappa shape index (κ2) is 6.31. The molecule has 0 aliphatic heterocycles. The fourth-order valence-corrected chi connectivity index (χ4v) is 2.77. The van der Waals surface area contributed by atoms with Gasteiger partial charge in [-0.1, -0.05) is 30.3 Å². The Labute approximate surface area is 109 Å². The van der Waals surface area contributed by atoms with Crippen molar-refractivity contribution in [1.29, 1.82) is 0 Å². The zero-order valence-corrected chi connectivity index (χ0v) is 11.2. The Morgan fingerprint density at radius 1 is 1.17 bits per heavy atom. The molecule has 0 atom stereocenters. The molecule has 0 saturated heterocycles. The maximum Gasteiger partial charge on any atom is 0.211 e. The maximum absolute atomic E-state index is 11.7. The quantitative estimate of drug-likeness (QED) is 0.698. The molecule has 1 aliphatic carbocycles. The Morgan fingerprint density at radius 2 is 1.89 bits per heavy atom. The molecule has 1 aromatic rings. The summed E-state index contributed by atoms with van der Waals surface area (Å²) < 4.78 is 26.1. The molecule has 100 valence electrons. The second-order valence-corrected chi connectivity index (χ2v) is 6.63. The van der Waals surface area contributed by atoms with Crippen molar-refractivity contribution in [3.8, 4) is 0 Å². The minimum absolute atomic E-state index is 0.194. The van der Waals surface area contributed by atoms with E-state index in [9.17, 15) is 8.42 Å². The molecule has 0 heterocycles. The maximum atomic E-state index is 11.7. The van der Waals surface area contributed by atoms with Crippen LogP contribution in [-0.2, 0) is 16.6 Å². The van der Waals surface area contributed by atoms with Crippen LogP contribution in [0, 0.1) is 0 Å². The molecule has 2 rings (SSSR count). The van der Waals surface area contributed by atoms with Crippen LogP contribution in [0.1, 0.15) is 24.8 Å². The lowest BCUT2D eigenvalue weighted by molar-refractivity contribution is 0.574. The SMILES string of the molecule is O=S(=O)(CCCNC1CC1)NCc1ccccc1. The molecule has 0 amide bonds. The third-order valence-corrected chi connectivity index (χ3v) is 4.35. The molecule has 1 aliphatic rings. The van der Waals surface area contributed by atoms with E-state index in [2.05, 4.69) is 10.0 Å². The summed E-state index contributed by atoms with van der Waals surface area (Å²) in [4.78, 5) is 0. The lowest BCUT2D eigenvalue weighted by Gasteiger charge is -2.07. The van der Waals surface area contributed by atoms with Crippen molar-refractivity contribution in [3.63, 3.8) is 0 Å². The van der Waals surface area contributed by atoms with Gasteiger partial charge in [0.2, 0.25) is 10.0 Å². The third-order valence-electron chi connectivity index (χ3n) is 2.94. The largest absolute Gasteiger partial charge is 0.314 e. The van der Waals surface area contributed by atoms with Gasteiger partial charge >= 0.3 is 0 Å². The zero-order chi connectivity index (χ0) is 12.8. The van der Waals surface area contributed by atoms with E-state index in [1.807, 2.05) is 30.3 Å². The Morgan fingerprint density at radius 3 is 2.56 bits per heavy atom. The van der Waals surface area contributed by atoms with E-state index in [1.54, 1.807) is 0 Å². The van der Waals surface area contributed by atoms with Crippen LogP contribution in [0.4, 0.5) is 0 Å². The number of benzene rings is 1. The summed E-state index contributed by atoms with van der Waals surface area (Å²) in [7, 11) is -3.15. The van der Waals surface area contributed by atoms with Crippen molar-refractivity contribution in [2.45, 2.75) is 31.8 Å². The molecule has 5 heteroatoms. The van der Waals surface area contributed by atoms with Crippen LogP contribution in [0.3, 0.4) is 0 Å². The van der Waals surface area contributed by atoms with Crippen molar-refractivity contribution in [1.82, 2.24) is 10.0 Å². The van der Waals surface area contributed by atoms with E-state index < -0.39 is 10.0 Å². The number of rotatable bonds is 8. The smallest absolute Gasteiger partial charge is 0.211 e. The molecule has 2 N–H and O–H groups in total. The van der Waals surface area contributed by atoms with Crippen LogP contribution < -0.4 is 10.0 Å². The summed E-state index contributed by atoms with van der Waals surface area (Å²) in [6.45, 7) is 1.16. The van der Waals surface area contributed by atoms with Gasteiger partial charge in [-0.15, -0.1) is 0 Å². The number of sulfonamides is 1. The zero-order valence-electron chi connectivity index (χ0n) is 10.4. The molecule has 1 saturated carbocycles. The van der Waals surface area contributed by atoms with Gasteiger partial charge in [0.25, 0.3) is 0 Å². The van der Waals surface area contributed by atoms with Crippen molar-refractivity contribution >= 4 is 10.0 Å². The summed E-state index contributed by atoms with van der Waals surface area (Å²) in [6, 6.07) is 10.2. The topological polar surface area (TPSA) is 58.2 Å². The second-order valence-electron chi connectivity index (χ2n) is 4.71. The van der Waals surface area contributed by atoms with E-state index in [-0.39, 0.29) is 5.75 Å². The monoisotopic (exact) mass is 268 g/mol. The van der Waals surface area contributed by atoms with Crippen LogP contribution in [0.25, 0.3) is 0 Å². The molecule has 18 heavy (non-hydrogen) atoms. The summed E-state index contributed by atoms with van der Waals surface area (Å²) in [6.07, 6.45) is 3.14. The number of nitrogens with one attached hydrogen (secondary N) is 2. The Hall–Kier alpha value is -0.910. The summed E-state index contributed by atoms with van der Waals surface area (Å²) >= 11 is 0. The number of hydrogen-bond acceptors (Lipinski definition) is 3. The first-order valence-corrected chi connectivity index (χ1v) is 8.05. The Balaban J connectivity index is 1.66. The van der Waals surface area contributed by atoms with Gasteiger partial charge in [-0.05, 0) is 31.4 Å². The van der Waals surface area contributed by atoms with Gasteiger partial charge in [0.15, 0.2) is 0 Å². The predicted molar refractivity (Wildman–Crippen MR) is 72.7 cm³/mol. The molecule has 0 unspecified atom stereocenters. The first-order chi connectivity index (χ1) is 8.66. The van der Waals surface area contributed by atoms with Gasteiger partial charge in [0, 0.05) is 12.6 Å². The van der Waals surface area contributed by atoms with Crippen LogP contribution in [-0.4, -0.2) is 26.8 Å². The lowest BCUT2D eigenvalue weighted by Crippen LogP contribution is -2.28. The Bertz CT molecular complexity index is 455. The van der Waals surface area contributed by atoms with E-state index in [0.717, 1.165) is 12.1 Å². The molecular formula is C13H20N2O2S. The highest BCUT2D eigenvalue weighted by atomic mass is 32.2. The molecular weight excluding hydrogens is 248 g/mol. The van der Waals surface area contributed by atoms with Crippen LogP contribution in [0.2, 0.25) is 0 Å². The van der Waals surface area contributed by atoms with Crippen molar-refractivity contribution in [2.24, 2.45) is 0 Å². The third kappa shape index (κ3) is 5.16. The van der Waals surface area contributed by atoms with Gasteiger partial charge in [-0.25, -0.2) is 13.1 Å². The van der Waals surface area contributed by atoms with Gasteiger partial charge in [-0.3, -0.25) is 0 Å². The lowest BCUT2D eigenvalue weighted by atomic mass is 10.2. The van der Waals surface area contributed by atoms with Gasteiger partial charge < -0.3 is 5.32 Å². The van der Waals surface area contributed by atoms with E-state index in [0.29, 0.717) is 19.0 Å². The average molecular weight is 268 g/mol. The standard InChI is InChI=1S/C13H20N2O2S/c16-18(17,10-4-9-14-13-7-8-13)15-11-12-5-2-1-3-6-12/h1-3,5-6,13-15H,4,7-11H2. The normalized spacial score (nSPS) is 15.8. The van der Waals surface area contributed by atoms with Gasteiger partial charge in [0.1, 0.15) is 0 Å². The molecule has 0 spiro atoms. The minimum atomic E-state index is -3.15. The van der Waals surface area contributed by atoms with E-state index in [1.165, 1.54) is 12.8 Å². The van der Waals surface area contributed by atoms with Crippen molar-refractivity contribution < 1.29 is 8.42 Å². The fourth-order valence-electron chi connectivity index (χ4n) is 1.72. The summed E-state index contributed by atoms with van der Waals surface area (Å²) in [5.41, 5.74) is 0.984. The number of hydrogen-bond donors (Lipinski definition) is 2. The van der Waals surface area contributed by atoms with Crippen LogP contribution in [0.15, 0.2) is 30.3 Å². The van der Waals surface area contributed by atoms with Crippen molar-refractivity contribution in [3.05, 3.63) is 35.9 Å². The average Bonchev–Trinajstić information content (AvgIpc) is 3.18. The molecule has 4 nitrogen and oxygen atoms in total.